The van der Waals surface area contributed by atoms with Gasteiger partial charge in [0.05, 0.1) is 11.3 Å². The minimum absolute atomic E-state index is 0.264. The van der Waals surface area contributed by atoms with E-state index in [2.05, 4.69) is 10.1 Å². The van der Waals surface area contributed by atoms with Crippen LogP contribution in [0.1, 0.15) is 61.8 Å². The molecule has 5 rings (SSSR count). The van der Waals surface area contributed by atoms with Crippen LogP contribution in [0.2, 0.25) is 0 Å². The van der Waals surface area contributed by atoms with E-state index in [0.29, 0.717) is 46.7 Å². The lowest BCUT2D eigenvalue weighted by Crippen LogP contribution is -2.61. The fourth-order valence-corrected chi connectivity index (χ4v) is 7.80. The number of ketones is 1. The summed E-state index contributed by atoms with van der Waals surface area (Å²) in [5.74, 6) is -2.13. The van der Waals surface area contributed by atoms with Crippen molar-refractivity contribution in [1.82, 2.24) is 10.2 Å². The van der Waals surface area contributed by atoms with Gasteiger partial charge in [-0.2, -0.15) is 0 Å². The molecule has 238 valence electrons. The Balaban J connectivity index is 1.44. The number of Topliss-reactive ketones (excluding diaryl/α,β-unsaturated/α-hetero) is 1. The average molecular weight is 636 g/mol. The number of halogens is 3. The van der Waals surface area contributed by atoms with Crippen molar-refractivity contribution in [2.24, 2.45) is 11.5 Å². The number of hydrogen-bond acceptors (Lipinski definition) is 9. The molecule has 4 unspecified atom stereocenters. The highest BCUT2D eigenvalue weighted by molar-refractivity contribution is 8.01. The molecule has 2 aromatic carbocycles. The Morgan fingerprint density at radius 1 is 1.14 bits per heavy atom. The predicted octanol–water partition coefficient (Wildman–Crippen LogP) is 3.66. The molecule has 2 aromatic rings. The van der Waals surface area contributed by atoms with Gasteiger partial charge in [-0.1, -0.05) is 12.1 Å². The smallest absolute Gasteiger partial charge is 0.444 e. The van der Waals surface area contributed by atoms with E-state index in [1.54, 1.807) is 37.8 Å². The molecular weight excluding hydrogens is 599 g/mol. The summed E-state index contributed by atoms with van der Waals surface area (Å²) >= 11 is 1.20. The van der Waals surface area contributed by atoms with Gasteiger partial charge in [0.15, 0.2) is 5.78 Å². The van der Waals surface area contributed by atoms with Crippen molar-refractivity contribution in [3.63, 3.8) is 0 Å². The van der Waals surface area contributed by atoms with Crippen molar-refractivity contribution < 1.29 is 37.0 Å². The van der Waals surface area contributed by atoms with Gasteiger partial charge < -0.3 is 36.9 Å². The van der Waals surface area contributed by atoms with Crippen LogP contribution < -0.4 is 27.3 Å². The summed E-state index contributed by atoms with van der Waals surface area (Å²) in [4.78, 5) is 42.6. The summed E-state index contributed by atoms with van der Waals surface area (Å²) in [6, 6.07) is 5.25. The third kappa shape index (κ3) is 5.82. The van der Waals surface area contributed by atoms with Crippen LogP contribution in [0.3, 0.4) is 0 Å². The number of carbonyl (C=O) groups is 3. The molecule has 2 aliphatic heterocycles. The van der Waals surface area contributed by atoms with Crippen LogP contribution >= 0.6 is 11.8 Å². The van der Waals surface area contributed by atoms with E-state index < -0.39 is 52.3 Å². The summed E-state index contributed by atoms with van der Waals surface area (Å²) in [6.07, 6.45) is -4.02. The Labute approximate surface area is 257 Å². The average Bonchev–Trinajstić information content (AvgIpc) is 3.32. The van der Waals surface area contributed by atoms with Crippen LogP contribution in [0, 0.1) is 6.92 Å². The fraction of sp³-hybridized carbons (Fsp3) is 0.500. The molecule has 0 bridgehead atoms. The van der Waals surface area contributed by atoms with Gasteiger partial charge in [-0.3, -0.25) is 9.59 Å². The van der Waals surface area contributed by atoms with E-state index in [0.717, 1.165) is 12.1 Å². The van der Waals surface area contributed by atoms with E-state index in [1.807, 2.05) is 0 Å². The normalized spacial score (nSPS) is 26.7. The maximum Gasteiger partial charge on any atom is 0.573 e. The number of piperidine rings is 1. The number of alkyl halides is 3. The number of benzene rings is 2. The molecule has 5 atom stereocenters. The van der Waals surface area contributed by atoms with Crippen LogP contribution in [0.15, 0.2) is 35.2 Å². The van der Waals surface area contributed by atoms with Crippen LogP contribution in [0.4, 0.5) is 23.7 Å². The van der Waals surface area contributed by atoms with Crippen molar-refractivity contribution in [2.75, 3.05) is 18.8 Å². The molecule has 1 aliphatic carbocycles. The van der Waals surface area contributed by atoms with Crippen molar-refractivity contribution in [2.45, 2.75) is 86.2 Å². The first-order chi connectivity index (χ1) is 20.4. The van der Waals surface area contributed by atoms with Crippen LogP contribution in [0.5, 0.6) is 5.75 Å². The highest BCUT2D eigenvalue weighted by Gasteiger charge is 2.57. The number of nitrogens with one attached hydrogen (secondary N) is 1. The van der Waals surface area contributed by atoms with Gasteiger partial charge in [-0.25, -0.2) is 4.79 Å². The summed E-state index contributed by atoms with van der Waals surface area (Å²) in [7, 11) is 0. The SMILES string of the molecule is Cc1cc(OC(F)(F)F)ccc1C1(N)C(=O)C(N)C2c3c1ccc(N)c3SC2C(=O)N[C@@H]1CCCN(C(=O)OC(C)(C)C)C1. The Morgan fingerprint density at radius 3 is 2.45 bits per heavy atom. The highest BCUT2D eigenvalue weighted by atomic mass is 32.2. The number of likely N-dealkylation sites (tertiary alicyclic amines) is 1. The number of thioether (sulfide) groups is 1. The van der Waals surface area contributed by atoms with Crippen LogP contribution in [-0.4, -0.2) is 65.1 Å². The lowest BCUT2D eigenvalue weighted by atomic mass is 9.64. The monoisotopic (exact) mass is 635 g/mol. The van der Waals surface area contributed by atoms with Crippen molar-refractivity contribution in [1.29, 1.82) is 0 Å². The molecule has 14 heteroatoms. The van der Waals surface area contributed by atoms with Crippen molar-refractivity contribution in [3.8, 4) is 5.75 Å². The predicted molar refractivity (Wildman–Crippen MR) is 158 cm³/mol. The summed E-state index contributed by atoms with van der Waals surface area (Å²) in [6.45, 7) is 7.66. The highest BCUT2D eigenvalue weighted by Crippen LogP contribution is 2.56. The largest absolute Gasteiger partial charge is 0.573 e. The molecule has 0 spiro atoms. The number of ether oxygens (including phenoxy) is 2. The maximum absolute atomic E-state index is 14.1. The molecule has 10 nitrogen and oxygen atoms in total. The first-order valence-corrected chi connectivity index (χ1v) is 15.1. The zero-order chi connectivity index (χ0) is 32.4. The van der Waals surface area contributed by atoms with E-state index in [4.69, 9.17) is 21.9 Å². The van der Waals surface area contributed by atoms with E-state index in [1.165, 1.54) is 24.8 Å². The number of nitrogens with zero attached hydrogens (tertiary/aromatic N) is 1. The lowest BCUT2D eigenvalue weighted by molar-refractivity contribution is -0.274. The van der Waals surface area contributed by atoms with Gasteiger partial charge in [-0.15, -0.1) is 24.9 Å². The zero-order valence-electron chi connectivity index (χ0n) is 24.8. The van der Waals surface area contributed by atoms with E-state index in [9.17, 15) is 27.6 Å². The minimum Gasteiger partial charge on any atom is -0.444 e. The Kier molecular flexibility index (Phi) is 8.08. The number of nitrogens with two attached hydrogens (primary N) is 3. The molecular formula is C30H36F3N5O5S. The molecule has 44 heavy (non-hydrogen) atoms. The second-order valence-corrected chi connectivity index (χ2v) is 13.7. The van der Waals surface area contributed by atoms with Gasteiger partial charge in [-0.05, 0) is 81.0 Å². The molecule has 0 saturated carbocycles. The van der Waals surface area contributed by atoms with Crippen LogP contribution in [0.25, 0.3) is 0 Å². The Bertz CT molecular complexity index is 1510. The second kappa shape index (κ2) is 11.1. The number of rotatable bonds is 4. The van der Waals surface area contributed by atoms with Crippen molar-refractivity contribution in [3.05, 3.63) is 52.6 Å². The second-order valence-electron chi connectivity index (χ2n) is 12.5. The number of carbonyl (C=O) groups excluding carboxylic acids is 3. The summed E-state index contributed by atoms with van der Waals surface area (Å²) < 4.78 is 48.0. The molecule has 3 aliphatic rings. The number of amides is 2. The fourth-order valence-electron chi connectivity index (χ4n) is 6.34. The minimum atomic E-state index is -4.89. The number of aryl methyl sites for hydroxylation is 1. The topological polar surface area (TPSA) is 163 Å². The molecule has 1 fully saturated rings. The third-order valence-electron chi connectivity index (χ3n) is 8.17. The summed E-state index contributed by atoms with van der Waals surface area (Å²) in [5.41, 5.74) is 19.3. The quantitative estimate of drug-likeness (QED) is 0.367. The molecule has 0 aromatic heterocycles. The molecule has 7 N–H and O–H groups in total. The zero-order valence-corrected chi connectivity index (χ0v) is 25.6. The van der Waals surface area contributed by atoms with Gasteiger partial charge in [0.25, 0.3) is 0 Å². The molecule has 2 heterocycles. The van der Waals surface area contributed by atoms with E-state index in [-0.39, 0.29) is 24.1 Å². The van der Waals surface area contributed by atoms with Crippen molar-refractivity contribution >= 4 is 35.2 Å². The summed E-state index contributed by atoms with van der Waals surface area (Å²) in [5, 5.41) is 2.23. The lowest BCUT2D eigenvalue weighted by Gasteiger charge is -2.42. The standard InChI is InChI=1S/C30H36F3N5O5S/c1-14-12-16(42-30(31,32)33)7-8-17(14)29(36)18-9-10-19(34)23-20(18)21(22(35)25(29)39)24(44-23)26(40)37-15-6-5-11-38(13-15)27(41)43-28(2,3)4/h7-10,12,15,21-22,24H,5-6,11,13,34-36H2,1-4H3,(H,37,40)/t15-,21?,22?,24?,29?/m1/s1. The Morgan fingerprint density at radius 2 is 1.82 bits per heavy atom. The third-order valence-corrected chi connectivity index (χ3v) is 9.62. The molecule has 1 saturated heterocycles. The number of nitrogen functional groups attached to an aromatic ring is 1. The maximum atomic E-state index is 14.1. The van der Waals surface area contributed by atoms with E-state index >= 15 is 0 Å². The number of anilines is 1. The van der Waals surface area contributed by atoms with Crippen LogP contribution in [-0.2, 0) is 19.9 Å². The van der Waals surface area contributed by atoms with Gasteiger partial charge in [0.1, 0.15) is 16.9 Å². The molecule has 0 radical (unpaired) electrons. The van der Waals surface area contributed by atoms with Gasteiger partial charge in [0.2, 0.25) is 5.91 Å². The first kappa shape index (κ1) is 31.9. The number of hydrogen-bond donors (Lipinski definition) is 4. The Hall–Kier alpha value is -3.49. The van der Waals surface area contributed by atoms with Gasteiger partial charge >= 0.3 is 12.5 Å². The first-order valence-electron chi connectivity index (χ1n) is 14.2. The van der Waals surface area contributed by atoms with Gasteiger partial charge in [0, 0.05) is 35.6 Å². The molecule has 2 amide bonds.